The Morgan fingerprint density at radius 3 is 2.92 bits per heavy atom. The molecule has 0 fully saturated rings. The summed E-state index contributed by atoms with van der Waals surface area (Å²) < 4.78 is 5.33. The Morgan fingerprint density at radius 1 is 1.50 bits per heavy atom. The Balaban J connectivity index is 2.37. The molecular weight excluding hydrogens is 174 g/mol. The summed E-state index contributed by atoms with van der Waals surface area (Å²) in [5, 5.41) is 0.637. The smallest absolute Gasteiger partial charge is 0.213 e. The number of hydrogen-bond acceptors (Lipinski definition) is 2. The van der Waals surface area contributed by atoms with Gasteiger partial charge in [0.2, 0.25) is 5.88 Å². The van der Waals surface area contributed by atoms with E-state index in [2.05, 4.69) is 11.9 Å². The molecule has 0 saturated heterocycles. The van der Waals surface area contributed by atoms with Crippen LogP contribution in [0.1, 0.15) is 19.8 Å². The van der Waals surface area contributed by atoms with Gasteiger partial charge in [-0.25, -0.2) is 4.98 Å². The van der Waals surface area contributed by atoms with Crippen LogP contribution in [-0.4, -0.2) is 11.6 Å². The number of pyridine rings is 1. The van der Waals surface area contributed by atoms with Crippen LogP contribution in [0.2, 0.25) is 5.02 Å². The van der Waals surface area contributed by atoms with Crippen molar-refractivity contribution in [3.8, 4) is 5.88 Å². The molecule has 0 saturated carbocycles. The fourth-order valence-corrected chi connectivity index (χ4v) is 0.880. The van der Waals surface area contributed by atoms with Crippen molar-refractivity contribution < 1.29 is 4.74 Å². The highest BCUT2D eigenvalue weighted by atomic mass is 35.5. The zero-order valence-electron chi connectivity index (χ0n) is 7.09. The average Bonchev–Trinajstić information content (AvgIpc) is 2.09. The molecule has 66 valence electrons. The molecule has 0 aliphatic heterocycles. The largest absolute Gasteiger partial charge is 0.478 e. The Kier molecular flexibility index (Phi) is 3.88. The summed E-state index contributed by atoms with van der Waals surface area (Å²) in [7, 11) is 0. The summed E-state index contributed by atoms with van der Waals surface area (Å²) in [4.78, 5) is 4.00. The van der Waals surface area contributed by atoms with Crippen molar-refractivity contribution in [2.75, 3.05) is 6.61 Å². The Labute approximate surface area is 77.5 Å². The zero-order chi connectivity index (χ0) is 8.81. The van der Waals surface area contributed by atoms with E-state index in [-0.39, 0.29) is 0 Å². The van der Waals surface area contributed by atoms with Crippen LogP contribution in [0.15, 0.2) is 18.3 Å². The molecule has 1 aromatic heterocycles. The van der Waals surface area contributed by atoms with E-state index in [0.29, 0.717) is 10.9 Å². The van der Waals surface area contributed by atoms with Crippen LogP contribution < -0.4 is 4.74 Å². The SMILES string of the molecule is CCCCOc1ccc(Cl)cn1. The lowest BCUT2D eigenvalue weighted by Gasteiger charge is -2.02. The molecule has 0 amide bonds. The van der Waals surface area contributed by atoms with Gasteiger partial charge in [-0.1, -0.05) is 24.9 Å². The normalized spacial score (nSPS) is 9.83. The first-order chi connectivity index (χ1) is 5.83. The summed E-state index contributed by atoms with van der Waals surface area (Å²) in [5.74, 6) is 0.646. The van der Waals surface area contributed by atoms with E-state index in [9.17, 15) is 0 Å². The number of ether oxygens (including phenoxy) is 1. The highest BCUT2D eigenvalue weighted by Gasteiger charge is 1.93. The van der Waals surface area contributed by atoms with Crippen molar-refractivity contribution in [3.05, 3.63) is 23.4 Å². The molecule has 0 N–H and O–H groups in total. The Hall–Kier alpha value is -0.760. The number of nitrogens with zero attached hydrogens (tertiary/aromatic N) is 1. The van der Waals surface area contributed by atoms with Crippen LogP contribution in [0.5, 0.6) is 5.88 Å². The molecule has 1 rings (SSSR count). The van der Waals surface area contributed by atoms with Crippen LogP contribution in [-0.2, 0) is 0 Å². The van der Waals surface area contributed by atoms with Gasteiger partial charge in [-0.05, 0) is 12.5 Å². The number of halogens is 1. The van der Waals surface area contributed by atoms with Gasteiger partial charge in [0.05, 0.1) is 11.6 Å². The van der Waals surface area contributed by atoms with Gasteiger partial charge in [-0.15, -0.1) is 0 Å². The topological polar surface area (TPSA) is 22.1 Å². The van der Waals surface area contributed by atoms with Gasteiger partial charge in [-0.2, -0.15) is 0 Å². The van der Waals surface area contributed by atoms with Crippen LogP contribution >= 0.6 is 11.6 Å². The minimum Gasteiger partial charge on any atom is -0.478 e. The van der Waals surface area contributed by atoms with Gasteiger partial charge in [0.1, 0.15) is 0 Å². The summed E-state index contributed by atoms with van der Waals surface area (Å²) in [6.45, 7) is 2.85. The fraction of sp³-hybridized carbons (Fsp3) is 0.444. The molecule has 0 atom stereocenters. The van der Waals surface area contributed by atoms with Gasteiger partial charge in [0.15, 0.2) is 0 Å². The number of rotatable bonds is 4. The van der Waals surface area contributed by atoms with Gasteiger partial charge < -0.3 is 4.74 Å². The maximum atomic E-state index is 5.65. The minimum atomic E-state index is 0.637. The Morgan fingerprint density at radius 2 is 2.33 bits per heavy atom. The molecule has 0 bridgehead atoms. The second kappa shape index (κ2) is 4.99. The molecule has 0 aromatic carbocycles. The van der Waals surface area contributed by atoms with Crippen molar-refractivity contribution in [3.63, 3.8) is 0 Å². The second-order valence-electron chi connectivity index (χ2n) is 2.52. The van der Waals surface area contributed by atoms with Crippen LogP contribution in [0.3, 0.4) is 0 Å². The third-order valence-electron chi connectivity index (χ3n) is 1.45. The average molecular weight is 186 g/mol. The monoisotopic (exact) mass is 185 g/mol. The third-order valence-corrected chi connectivity index (χ3v) is 1.67. The zero-order valence-corrected chi connectivity index (χ0v) is 7.84. The van der Waals surface area contributed by atoms with Gasteiger partial charge >= 0.3 is 0 Å². The lowest BCUT2D eigenvalue weighted by Crippen LogP contribution is -1.97. The van der Waals surface area contributed by atoms with E-state index in [1.807, 2.05) is 0 Å². The van der Waals surface area contributed by atoms with Crippen LogP contribution in [0, 0.1) is 0 Å². The van der Waals surface area contributed by atoms with E-state index >= 15 is 0 Å². The molecule has 0 aliphatic rings. The fourth-order valence-electron chi connectivity index (χ4n) is 0.769. The lowest BCUT2D eigenvalue weighted by molar-refractivity contribution is 0.298. The molecule has 12 heavy (non-hydrogen) atoms. The summed E-state index contributed by atoms with van der Waals surface area (Å²) >= 11 is 5.65. The number of hydrogen-bond donors (Lipinski definition) is 0. The summed E-state index contributed by atoms with van der Waals surface area (Å²) in [5.41, 5.74) is 0. The van der Waals surface area contributed by atoms with E-state index in [0.717, 1.165) is 19.4 Å². The standard InChI is InChI=1S/C9H12ClNO/c1-2-3-6-12-9-5-4-8(10)7-11-9/h4-5,7H,2-3,6H2,1H3. The minimum absolute atomic E-state index is 0.637. The molecule has 3 heteroatoms. The van der Waals surface area contributed by atoms with Crippen molar-refractivity contribution in [2.24, 2.45) is 0 Å². The van der Waals surface area contributed by atoms with Crippen LogP contribution in [0.4, 0.5) is 0 Å². The summed E-state index contributed by atoms with van der Waals surface area (Å²) in [6.07, 6.45) is 3.78. The van der Waals surface area contributed by atoms with E-state index in [1.54, 1.807) is 18.3 Å². The molecule has 0 radical (unpaired) electrons. The third kappa shape index (κ3) is 3.09. The highest BCUT2D eigenvalue weighted by Crippen LogP contribution is 2.11. The maximum absolute atomic E-state index is 5.65. The van der Waals surface area contributed by atoms with Crippen molar-refractivity contribution in [1.82, 2.24) is 4.98 Å². The first-order valence-electron chi connectivity index (χ1n) is 4.07. The van der Waals surface area contributed by atoms with Gasteiger partial charge in [0, 0.05) is 12.3 Å². The maximum Gasteiger partial charge on any atom is 0.213 e. The van der Waals surface area contributed by atoms with E-state index in [1.165, 1.54) is 0 Å². The second-order valence-corrected chi connectivity index (χ2v) is 2.95. The van der Waals surface area contributed by atoms with E-state index in [4.69, 9.17) is 16.3 Å². The molecule has 2 nitrogen and oxygen atoms in total. The van der Waals surface area contributed by atoms with Crippen molar-refractivity contribution in [1.29, 1.82) is 0 Å². The number of aromatic nitrogens is 1. The Bertz CT molecular complexity index is 222. The predicted octanol–water partition coefficient (Wildman–Crippen LogP) is 2.91. The predicted molar refractivity (Wildman–Crippen MR) is 49.7 cm³/mol. The number of unbranched alkanes of at least 4 members (excludes halogenated alkanes) is 1. The van der Waals surface area contributed by atoms with Gasteiger partial charge in [-0.3, -0.25) is 0 Å². The molecule has 1 aromatic rings. The highest BCUT2D eigenvalue weighted by molar-refractivity contribution is 6.30. The first kappa shape index (κ1) is 9.33. The molecule has 1 heterocycles. The van der Waals surface area contributed by atoms with Crippen molar-refractivity contribution >= 4 is 11.6 Å². The van der Waals surface area contributed by atoms with E-state index < -0.39 is 0 Å². The first-order valence-corrected chi connectivity index (χ1v) is 4.45. The molecule has 0 unspecified atom stereocenters. The van der Waals surface area contributed by atoms with Gasteiger partial charge in [0.25, 0.3) is 0 Å². The van der Waals surface area contributed by atoms with Crippen molar-refractivity contribution in [2.45, 2.75) is 19.8 Å². The quantitative estimate of drug-likeness (QED) is 0.673. The van der Waals surface area contributed by atoms with Crippen LogP contribution in [0.25, 0.3) is 0 Å². The molecule has 0 spiro atoms. The molecular formula is C9H12ClNO. The summed E-state index contributed by atoms with van der Waals surface area (Å²) in [6, 6.07) is 3.55. The molecule has 0 aliphatic carbocycles. The lowest BCUT2D eigenvalue weighted by atomic mass is 10.4.